The molecule has 1 aromatic carbocycles. The Hall–Kier alpha value is -0.490. The molecule has 1 rings (SSSR count). The summed E-state index contributed by atoms with van der Waals surface area (Å²) >= 11 is 6.05. The Morgan fingerprint density at radius 1 is 1.45 bits per heavy atom. The van der Waals surface area contributed by atoms with E-state index in [9.17, 15) is 0 Å². The third-order valence-electron chi connectivity index (χ3n) is 1.75. The van der Waals surface area contributed by atoms with Crippen molar-refractivity contribution in [3.05, 3.63) is 41.3 Å². The van der Waals surface area contributed by atoms with E-state index in [4.69, 9.17) is 11.6 Å². The molecule has 59 valence electrons. The number of hydrogen-bond donors (Lipinski definition) is 0. The largest absolute Gasteiger partial charge is 0.0837 e. The summed E-state index contributed by atoms with van der Waals surface area (Å²) in [7, 11) is 0. The molecule has 1 heteroatoms. The highest BCUT2D eigenvalue weighted by Crippen LogP contribution is 2.26. The minimum Gasteiger partial charge on any atom is -0.0837 e. The van der Waals surface area contributed by atoms with Gasteiger partial charge in [0.1, 0.15) is 0 Å². The molecule has 0 spiro atoms. The normalized spacial score (nSPS) is 10.6. The van der Waals surface area contributed by atoms with Gasteiger partial charge in [0.15, 0.2) is 0 Å². The van der Waals surface area contributed by atoms with Crippen molar-refractivity contribution >= 4 is 11.6 Å². The maximum atomic E-state index is 6.05. The van der Waals surface area contributed by atoms with E-state index in [1.165, 1.54) is 0 Å². The van der Waals surface area contributed by atoms with Crippen molar-refractivity contribution in [1.29, 1.82) is 0 Å². The second kappa shape index (κ2) is 3.27. The van der Waals surface area contributed by atoms with Crippen molar-refractivity contribution in [3.8, 4) is 0 Å². The first-order chi connectivity index (χ1) is 5.13. The molecular formula is C10H12Cl. The van der Waals surface area contributed by atoms with Crippen LogP contribution in [0.5, 0.6) is 0 Å². The zero-order valence-electron chi connectivity index (χ0n) is 6.89. The molecule has 0 aromatic heterocycles. The molecule has 0 fully saturated rings. The Morgan fingerprint density at radius 2 is 2.09 bits per heavy atom. The predicted molar refractivity (Wildman–Crippen MR) is 50.0 cm³/mol. The van der Waals surface area contributed by atoms with Crippen LogP contribution in [0.15, 0.2) is 18.2 Å². The van der Waals surface area contributed by atoms with E-state index in [1.807, 2.05) is 32.0 Å². The van der Waals surface area contributed by atoms with Crippen LogP contribution in [0.1, 0.15) is 24.0 Å². The average molecular weight is 168 g/mol. The van der Waals surface area contributed by atoms with Crippen molar-refractivity contribution in [3.63, 3.8) is 0 Å². The van der Waals surface area contributed by atoms with Gasteiger partial charge in [-0.25, -0.2) is 0 Å². The monoisotopic (exact) mass is 167 g/mol. The van der Waals surface area contributed by atoms with Gasteiger partial charge in [-0.1, -0.05) is 36.7 Å². The molecule has 0 aliphatic heterocycles. The predicted octanol–water partition coefficient (Wildman–Crippen LogP) is 3.59. The van der Waals surface area contributed by atoms with Gasteiger partial charge >= 0.3 is 0 Å². The van der Waals surface area contributed by atoms with E-state index in [2.05, 4.69) is 6.92 Å². The number of benzene rings is 1. The van der Waals surface area contributed by atoms with Crippen LogP contribution in [0.25, 0.3) is 0 Å². The van der Waals surface area contributed by atoms with Crippen LogP contribution >= 0.6 is 11.6 Å². The molecule has 1 aromatic rings. The van der Waals surface area contributed by atoms with Crippen molar-refractivity contribution in [2.75, 3.05) is 0 Å². The van der Waals surface area contributed by atoms with Crippen LogP contribution in [0.2, 0.25) is 5.02 Å². The first-order valence-electron chi connectivity index (χ1n) is 3.71. The number of rotatable bonds is 1. The summed E-state index contributed by atoms with van der Waals surface area (Å²) in [6.07, 6.45) is 0. The Morgan fingerprint density at radius 3 is 2.55 bits per heavy atom. The van der Waals surface area contributed by atoms with Crippen LogP contribution in [0, 0.1) is 13.8 Å². The Labute approximate surface area is 73.2 Å². The van der Waals surface area contributed by atoms with Gasteiger partial charge in [-0.05, 0) is 30.9 Å². The molecule has 0 amide bonds. The lowest BCUT2D eigenvalue weighted by Gasteiger charge is -2.08. The summed E-state index contributed by atoms with van der Waals surface area (Å²) in [4.78, 5) is 0. The Balaban J connectivity index is 3.17. The first-order valence-corrected chi connectivity index (χ1v) is 4.09. The quantitative estimate of drug-likeness (QED) is 0.600. The van der Waals surface area contributed by atoms with E-state index in [0.29, 0.717) is 0 Å². The highest BCUT2D eigenvalue weighted by atomic mass is 35.5. The molecule has 0 saturated heterocycles. The van der Waals surface area contributed by atoms with Gasteiger partial charge in [0.05, 0.1) is 0 Å². The fourth-order valence-electron chi connectivity index (χ4n) is 1.05. The molecule has 0 aliphatic carbocycles. The molecular weight excluding hydrogens is 156 g/mol. The van der Waals surface area contributed by atoms with E-state index < -0.39 is 0 Å². The van der Waals surface area contributed by atoms with Gasteiger partial charge in [-0.2, -0.15) is 0 Å². The summed E-state index contributed by atoms with van der Waals surface area (Å²) in [6, 6.07) is 6.04. The number of hydrogen-bond acceptors (Lipinski definition) is 0. The van der Waals surface area contributed by atoms with Gasteiger partial charge in [0, 0.05) is 5.02 Å². The average Bonchev–Trinajstić information content (AvgIpc) is 1.94. The van der Waals surface area contributed by atoms with Crippen LogP contribution in [0.4, 0.5) is 0 Å². The van der Waals surface area contributed by atoms with Crippen molar-refractivity contribution < 1.29 is 0 Å². The van der Waals surface area contributed by atoms with Crippen LogP contribution in [0.3, 0.4) is 0 Å². The van der Waals surface area contributed by atoms with Crippen LogP contribution in [-0.2, 0) is 0 Å². The zero-order chi connectivity index (χ0) is 8.43. The number of aryl methyl sites for hydroxylation is 1. The molecule has 1 radical (unpaired) electrons. The second-order valence-electron chi connectivity index (χ2n) is 2.88. The minimum absolute atomic E-state index is 0.266. The second-order valence-corrected chi connectivity index (χ2v) is 3.26. The highest BCUT2D eigenvalue weighted by Gasteiger charge is 2.05. The van der Waals surface area contributed by atoms with Crippen LogP contribution in [-0.4, -0.2) is 0 Å². The zero-order valence-corrected chi connectivity index (χ0v) is 7.65. The summed E-state index contributed by atoms with van der Waals surface area (Å²) in [5, 5.41) is 0.856. The summed E-state index contributed by atoms with van der Waals surface area (Å²) < 4.78 is 0. The Bertz CT molecular complexity index is 251. The third kappa shape index (κ3) is 1.75. The molecule has 0 saturated carbocycles. The van der Waals surface area contributed by atoms with Gasteiger partial charge in [-0.15, -0.1) is 0 Å². The molecule has 0 N–H and O–H groups in total. The molecule has 0 heterocycles. The maximum absolute atomic E-state index is 6.05. The van der Waals surface area contributed by atoms with Gasteiger partial charge in [-0.3, -0.25) is 0 Å². The fraction of sp³-hybridized carbons (Fsp3) is 0.300. The van der Waals surface area contributed by atoms with Gasteiger partial charge < -0.3 is 0 Å². The van der Waals surface area contributed by atoms with Gasteiger partial charge in [0.25, 0.3) is 0 Å². The molecule has 11 heavy (non-hydrogen) atoms. The molecule has 1 unspecified atom stereocenters. The lowest BCUT2D eigenvalue weighted by Crippen LogP contribution is -1.90. The first kappa shape index (κ1) is 8.61. The summed E-state index contributed by atoms with van der Waals surface area (Å²) in [5.74, 6) is 0.266. The third-order valence-corrected chi connectivity index (χ3v) is 2.27. The lowest BCUT2D eigenvalue weighted by molar-refractivity contribution is 0.961. The molecule has 1 atom stereocenters. The fourth-order valence-corrected chi connectivity index (χ4v) is 1.36. The summed E-state index contributed by atoms with van der Waals surface area (Å²) in [5.41, 5.74) is 2.26. The number of halogens is 1. The van der Waals surface area contributed by atoms with E-state index in [-0.39, 0.29) is 5.92 Å². The van der Waals surface area contributed by atoms with Gasteiger partial charge in [0.2, 0.25) is 0 Å². The molecule has 0 nitrogen and oxygen atoms in total. The van der Waals surface area contributed by atoms with E-state index in [1.54, 1.807) is 0 Å². The van der Waals surface area contributed by atoms with Crippen molar-refractivity contribution in [2.24, 2.45) is 0 Å². The molecule has 0 bridgehead atoms. The minimum atomic E-state index is 0.266. The topological polar surface area (TPSA) is 0 Å². The highest BCUT2D eigenvalue weighted by molar-refractivity contribution is 6.32. The van der Waals surface area contributed by atoms with E-state index >= 15 is 0 Å². The Kier molecular flexibility index (Phi) is 2.56. The van der Waals surface area contributed by atoms with Crippen LogP contribution < -0.4 is 0 Å². The smallest absolute Gasteiger partial charge is 0.0469 e. The SMILES string of the molecule is [CH2]C(C)c1cccc(C)c1Cl. The summed E-state index contributed by atoms with van der Waals surface area (Å²) in [6.45, 7) is 7.98. The van der Waals surface area contributed by atoms with E-state index in [0.717, 1.165) is 16.1 Å². The lowest BCUT2D eigenvalue weighted by atomic mass is 10.0. The van der Waals surface area contributed by atoms with Crippen molar-refractivity contribution in [1.82, 2.24) is 0 Å². The van der Waals surface area contributed by atoms with Crippen molar-refractivity contribution in [2.45, 2.75) is 19.8 Å². The maximum Gasteiger partial charge on any atom is 0.0469 e. The molecule has 0 aliphatic rings. The standard InChI is InChI=1S/C10H12Cl/c1-7(2)9-6-4-5-8(3)10(9)11/h4-7H,1H2,2-3H3.